The minimum Gasteiger partial charge on any atom is -0.326 e. The molecule has 1 atom stereocenters. The Morgan fingerprint density at radius 1 is 1.36 bits per heavy atom. The van der Waals surface area contributed by atoms with Crippen molar-refractivity contribution in [3.05, 3.63) is 53.5 Å². The van der Waals surface area contributed by atoms with Crippen LogP contribution in [-0.2, 0) is 9.59 Å². The molecule has 0 bridgehead atoms. The molecule has 1 aromatic heterocycles. The molecule has 0 aliphatic carbocycles. The van der Waals surface area contributed by atoms with Gasteiger partial charge in [0.2, 0.25) is 11.8 Å². The number of fused-ring (bicyclic) bond motifs is 1. The first kappa shape index (κ1) is 14.2. The fraction of sp³-hybridized carbons (Fsp3) is 0.188. The summed E-state index contributed by atoms with van der Waals surface area (Å²) in [6.45, 7) is 1.82. The normalized spacial score (nSPS) is 16.6. The minimum atomic E-state index is -0.660. The highest BCUT2D eigenvalue weighted by Crippen LogP contribution is 2.33. The molecule has 0 radical (unpaired) electrons. The highest BCUT2D eigenvalue weighted by molar-refractivity contribution is 6.04. The van der Waals surface area contributed by atoms with E-state index in [4.69, 9.17) is 0 Å². The highest BCUT2D eigenvalue weighted by Gasteiger charge is 2.31. The Labute approximate surface area is 126 Å². The van der Waals surface area contributed by atoms with Crippen LogP contribution in [0.2, 0.25) is 0 Å². The molecule has 0 saturated carbocycles. The Morgan fingerprint density at radius 2 is 2.18 bits per heavy atom. The van der Waals surface area contributed by atoms with Crippen LogP contribution in [0, 0.1) is 12.7 Å². The Hall–Kier alpha value is -2.76. The number of hydrogen-bond acceptors (Lipinski definition) is 3. The summed E-state index contributed by atoms with van der Waals surface area (Å²) < 4.78 is 13.3. The molecule has 6 heteroatoms. The number of hydrogen-bond donors (Lipinski definition) is 2. The van der Waals surface area contributed by atoms with E-state index < -0.39 is 11.7 Å². The van der Waals surface area contributed by atoms with Crippen molar-refractivity contribution in [3.63, 3.8) is 0 Å². The molecule has 3 rings (SSSR count). The van der Waals surface area contributed by atoms with Crippen molar-refractivity contribution in [1.82, 2.24) is 4.98 Å². The highest BCUT2D eigenvalue weighted by atomic mass is 19.1. The van der Waals surface area contributed by atoms with E-state index >= 15 is 0 Å². The van der Waals surface area contributed by atoms with Crippen LogP contribution in [0.15, 0.2) is 36.4 Å². The van der Waals surface area contributed by atoms with Gasteiger partial charge in [-0.25, -0.2) is 9.37 Å². The lowest BCUT2D eigenvalue weighted by Gasteiger charge is -2.24. The average molecular weight is 299 g/mol. The third-order valence-electron chi connectivity index (χ3n) is 3.51. The standard InChI is InChI=1S/C16H14FN3O2/c1-9-3-2-4-14(18-9)20-16(22)12-8-15(21)19-13-7-10(17)5-6-11(12)13/h2-7,12H,8H2,1H3,(H,19,21)(H,18,20,22)/t12-/m0/s1. The van der Waals surface area contributed by atoms with E-state index in [9.17, 15) is 14.0 Å². The summed E-state index contributed by atoms with van der Waals surface area (Å²) in [5.74, 6) is -1.33. The van der Waals surface area contributed by atoms with Gasteiger partial charge in [0, 0.05) is 17.8 Å². The van der Waals surface area contributed by atoms with Crippen molar-refractivity contribution in [1.29, 1.82) is 0 Å². The molecule has 0 spiro atoms. The molecule has 1 aromatic carbocycles. The number of halogens is 1. The lowest BCUT2D eigenvalue weighted by atomic mass is 9.89. The predicted molar refractivity (Wildman–Crippen MR) is 80.0 cm³/mol. The Morgan fingerprint density at radius 3 is 2.95 bits per heavy atom. The van der Waals surface area contributed by atoms with Crippen LogP contribution in [0.1, 0.15) is 23.6 Å². The van der Waals surface area contributed by atoms with Gasteiger partial charge in [-0.05, 0) is 36.8 Å². The zero-order valence-corrected chi connectivity index (χ0v) is 11.9. The second-order valence-electron chi connectivity index (χ2n) is 5.19. The maximum absolute atomic E-state index is 13.3. The number of benzene rings is 1. The topological polar surface area (TPSA) is 71.1 Å². The largest absolute Gasteiger partial charge is 0.326 e. The lowest BCUT2D eigenvalue weighted by molar-refractivity contribution is -0.123. The SMILES string of the molecule is Cc1cccc(NC(=O)[C@H]2CC(=O)Nc3cc(F)ccc32)n1. The molecule has 1 aliphatic heterocycles. The van der Waals surface area contributed by atoms with Crippen molar-refractivity contribution in [3.8, 4) is 0 Å². The van der Waals surface area contributed by atoms with Gasteiger partial charge in [-0.2, -0.15) is 0 Å². The summed E-state index contributed by atoms with van der Waals surface area (Å²) in [5, 5.41) is 5.29. The third-order valence-corrected chi connectivity index (χ3v) is 3.51. The first-order valence-corrected chi connectivity index (χ1v) is 6.87. The molecule has 1 aliphatic rings. The summed E-state index contributed by atoms with van der Waals surface area (Å²) in [5.41, 5.74) is 1.72. The van der Waals surface area contributed by atoms with Gasteiger partial charge in [0.05, 0.1) is 5.92 Å². The molecule has 2 heterocycles. The van der Waals surface area contributed by atoms with Gasteiger partial charge in [-0.1, -0.05) is 12.1 Å². The number of nitrogens with one attached hydrogen (secondary N) is 2. The van der Waals surface area contributed by atoms with Gasteiger partial charge >= 0.3 is 0 Å². The van der Waals surface area contributed by atoms with Crippen LogP contribution < -0.4 is 10.6 Å². The third kappa shape index (κ3) is 2.81. The second-order valence-corrected chi connectivity index (χ2v) is 5.19. The number of carbonyl (C=O) groups is 2. The van der Waals surface area contributed by atoms with Crippen molar-refractivity contribution in [2.75, 3.05) is 10.6 Å². The van der Waals surface area contributed by atoms with E-state index in [0.717, 1.165) is 5.69 Å². The van der Waals surface area contributed by atoms with Gasteiger partial charge in [0.25, 0.3) is 0 Å². The van der Waals surface area contributed by atoms with Crippen LogP contribution >= 0.6 is 0 Å². The summed E-state index contributed by atoms with van der Waals surface area (Å²) in [7, 11) is 0. The molecule has 0 unspecified atom stereocenters. The van der Waals surface area contributed by atoms with Crippen molar-refractivity contribution in [2.45, 2.75) is 19.3 Å². The maximum atomic E-state index is 13.3. The maximum Gasteiger partial charge on any atom is 0.233 e. The quantitative estimate of drug-likeness (QED) is 0.895. The summed E-state index contributed by atoms with van der Waals surface area (Å²) >= 11 is 0. The molecular weight excluding hydrogens is 285 g/mol. The van der Waals surface area contributed by atoms with Gasteiger partial charge in [0.1, 0.15) is 11.6 Å². The molecule has 22 heavy (non-hydrogen) atoms. The average Bonchev–Trinajstić information content (AvgIpc) is 2.45. The van der Waals surface area contributed by atoms with E-state index in [0.29, 0.717) is 17.1 Å². The fourth-order valence-electron chi connectivity index (χ4n) is 2.50. The predicted octanol–water partition coefficient (Wildman–Crippen LogP) is 2.59. The van der Waals surface area contributed by atoms with Gasteiger partial charge in [-0.3, -0.25) is 9.59 Å². The summed E-state index contributed by atoms with van der Waals surface area (Å²) in [6, 6.07) is 9.31. The first-order chi connectivity index (χ1) is 10.5. The monoisotopic (exact) mass is 299 g/mol. The van der Waals surface area contributed by atoms with Crippen LogP contribution in [-0.4, -0.2) is 16.8 Å². The Bertz CT molecular complexity index is 761. The Kier molecular flexibility index (Phi) is 3.58. The smallest absolute Gasteiger partial charge is 0.233 e. The van der Waals surface area contributed by atoms with Gasteiger partial charge in [-0.15, -0.1) is 0 Å². The second kappa shape index (κ2) is 5.55. The van der Waals surface area contributed by atoms with Crippen LogP contribution in [0.3, 0.4) is 0 Å². The van der Waals surface area contributed by atoms with E-state index in [-0.39, 0.29) is 18.2 Å². The van der Waals surface area contributed by atoms with Gasteiger partial charge < -0.3 is 10.6 Å². The minimum absolute atomic E-state index is 0.0241. The van der Waals surface area contributed by atoms with Crippen LogP contribution in [0.5, 0.6) is 0 Å². The number of rotatable bonds is 2. The zero-order chi connectivity index (χ0) is 15.7. The Balaban J connectivity index is 1.88. The number of amides is 2. The lowest BCUT2D eigenvalue weighted by Crippen LogP contribution is -2.31. The molecular formula is C16H14FN3O2. The summed E-state index contributed by atoms with van der Waals surface area (Å²) in [6.07, 6.45) is 0.0241. The molecule has 2 amide bonds. The zero-order valence-electron chi connectivity index (χ0n) is 11.9. The number of pyridine rings is 1. The van der Waals surface area contributed by atoms with Crippen LogP contribution in [0.4, 0.5) is 15.9 Å². The molecule has 2 aromatic rings. The molecule has 5 nitrogen and oxygen atoms in total. The number of carbonyl (C=O) groups excluding carboxylic acids is 2. The van der Waals surface area contributed by atoms with E-state index in [1.807, 2.05) is 13.0 Å². The molecule has 0 fully saturated rings. The number of nitrogens with zero attached hydrogens (tertiary/aromatic N) is 1. The van der Waals surface area contributed by atoms with E-state index in [1.54, 1.807) is 12.1 Å². The van der Waals surface area contributed by atoms with Crippen molar-refractivity contribution >= 4 is 23.3 Å². The molecule has 0 saturated heterocycles. The molecule has 2 N–H and O–H groups in total. The molecule has 112 valence electrons. The summed E-state index contributed by atoms with van der Waals surface area (Å²) in [4.78, 5) is 28.4. The van der Waals surface area contributed by atoms with Crippen molar-refractivity contribution in [2.24, 2.45) is 0 Å². The van der Waals surface area contributed by atoms with E-state index in [2.05, 4.69) is 15.6 Å². The number of anilines is 2. The number of aromatic nitrogens is 1. The van der Waals surface area contributed by atoms with Gasteiger partial charge in [0.15, 0.2) is 0 Å². The van der Waals surface area contributed by atoms with Crippen molar-refractivity contribution < 1.29 is 14.0 Å². The fourth-order valence-corrected chi connectivity index (χ4v) is 2.50. The first-order valence-electron chi connectivity index (χ1n) is 6.87. The van der Waals surface area contributed by atoms with E-state index in [1.165, 1.54) is 18.2 Å². The number of aryl methyl sites for hydroxylation is 1. The van der Waals surface area contributed by atoms with Crippen LogP contribution in [0.25, 0.3) is 0 Å².